The van der Waals surface area contributed by atoms with Gasteiger partial charge < -0.3 is 19.5 Å². The minimum Gasteiger partial charge on any atom is -0.382 e. The van der Waals surface area contributed by atoms with E-state index in [1.165, 1.54) is 6.42 Å². The van der Waals surface area contributed by atoms with Crippen LogP contribution in [0.5, 0.6) is 0 Å². The molecule has 0 aliphatic carbocycles. The Balaban J connectivity index is 1.83. The monoisotopic (exact) mass is 245 g/mol. The first-order chi connectivity index (χ1) is 8.33. The van der Waals surface area contributed by atoms with Crippen LogP contribution in [0.4, 0.5) is 0 Å². The fourth-order valence-electron chi connectivity index (χ4n) is 2.06. The smallest absolute Gasteiger partial charge is 0.0700 e. The van der Waals surface area contributed by atoms with Crippen molar-refractivity contribution in [3.63, 3.8) is 0 Å². The molecule has 0 aromatic rings. The van der Waals surface area contributed by atoms with Gasteiger partial charge in [-0.2, -0.15) is 0 Å². The summed E-state index contributed by atoms with van der Waals surface area (Å²) in [4.78, 5) is 0. The Kier molecular flexibility index (Phi) is 8.61. The predicted octanol–water partition coefficient (Wildman–Crippen LogP) is 1.59. The van der Waals surface area contributed by atoms with Crippen LogP contribution in [0.3, 0.4) is 0 Å². The maximum absolute atomic E-state index is 5.52. The van der Waals surface area contributed by atoms with Crippen molar-refractivity contribution in [2.24, 2.45) is 0 Å². The minimum absolute atomic E-state index is 0.415. The highest BCUT2D eigenvalue weighted by molar-refractivity contribution is 4.74. The molecule has 0 radical (unpaired) electrons. The molecule has 0 aromatic carbocycles. The molecule has 102 valence electrons. The Labute approximate surface area is 105 Å². The molecule has 1 aliphatic heterocycles. The van der Waals surface area contributed by atoms with Crippen molar-refractivity contribution in [1.29, 1.82) is 0 Å². The van der Waals surface area contributed by atoms with E-state index in [-0.39, 0.29) is 0 Å². The van der Waals surface area contributed by atoms with Gasteiger partial charge in [-0.05, 0) is 39.2 Å². The molecular weight excluding hydrogens is 218 g/mol. The molecule has 17 heavy (non-hydrogen) atoms. The van der Waals surface area contributed by atoms with Gasteiger partial charge >= 0.3 is 0 Å². The summed E-state index contributed by atoms with van der Waals surface area (Å²) in [5, 5.41) is 3.59. The van der Waals surface area contributed by atoms with E-state index >= 15 is 0 Å². The summed E-state index contributed by atoms with van der Waals surface area (Å²) in [6.07, 6.45) is 5.01. The Bertz CT molecular complexity index is 178. The molecule has 4 heteroatoms. The normalized spacial score (nSPS) is 25.1. The van der Waals surface area contributed by atoms with Crippen LogP contribution in [0, 0.1) is 0 Å². The minimum atomic E-state index is 0.415. The van der Waals surface area contributed by atoms with Gasteiger partial charge in [-0.1, -0.05) is 0 Å². The molecular formula is C13H27NO3. The van der Waals surface area contributed by atoms with Crippen molar-refractivity contribution in [3.8, 4) is 0 Å². The van der Waals surface area contributed by atoms with Crippen molar-refractivity contribution < 1.29 is 14.2 Å². The molecule has 2 atom stereocenters. The van der Waals surface area contributed by atoms with Gasteiger partial charge in [0.1, 0.15) is 0 Å². The SMILES string of the molecule is COCCOCCCCNC1CCOC(C)C1. The standard InChI is InChI=1S/C13H27NO3/c1-12-11-13(5-8-17-12)14-6-3-4-7-16-10-9-15-2/h12-14H,3-11H2,1-2H3. The van der Waals surface area contributed by atoms with E-state index in [4.69, 9.17) is 14.2 Å². The summed E-state index contributed by atoms with van der Waals surface area (Å²) in [7, 11) is 1.70. The van der Waals surface area contributed by atoms with E-state index < -0.39 is 0 Å². The topological polar surface area (TPSA) is 39.7 Å². The van der Waals surface area contributed by atoms with E-state index in [0.29, 0.717) is 25.4 Å². The number of hydrogen-bond acceptors (Lipinski definition) is 4. The molecule has 1 saturated heterocycles. The number of unbranched alkanes of at least 4 members (excludes halogenated alkanes) is 1. The lowest BCUT2D eigenvalue weighted by molar-refractivity contribution is 0.0132. The lowest BCUT2D eigenvalue weighted by atomic mass is 10.0. The zero-order valence-corrected chi connectivity index (χ0v) is 11.2. The van der Waals surface area contributed by atoms with Crippen molar-refractivity contribution in [3.05, 3.63) is 0 Å². The highest BCUT2D eigenvalue weighted by atomic mass is 16.5. The second kappa shape index (κ2) is 9.83. The summed E-state index contributed by atoms with van der Waals surface area (Å²) in [5.41, 5.74) is 0. The molecule has 0 bridgehead atoms. The van der Waals surface area contributed by atoms with Gasteiger partial charge in [0.2, 0.25) is 0 Å². The zero-order chi connectivity index (χ0) is 12.3. The molecule has 2 unspecified atom stereocenters. The zero-order valence-electron chi connectivity index (χ0n) is 11.2. The van der Waals surface area contributed by atoms with Crippen molar-refractivity contribution in [1.82, 2.24) is 5.32 Å². The van der Waals surface area contributed by atoms with Crippen LogP contribution in [0.25, 0.3) is 0 Å². The van der Waals surface area contributed by atoms with Crippen LogP contribution in [-0.2, 0) is 14.2 Å². The number of ether oxygens (including phenoxy) is 3. The predicted molar refractivity (Wildman–Crippen MR) is 68.4 cm³/mol. The lowest BCUT2D eigenvalue weighted by Crippen LogP contribution is -2.38. The van der Waals surface area contributed by atoms with Gasteiger partial charge in [0.15, 0.2) is 0 Å². The van der Waals surface area contributed by atoms with E-state index in [9.17, 15) is 0 Å². The number of rotatable bonds is 9. The molecule has 0 aromatic heterocycles. The molecule has 4 nitrogen and oxygen atoms in total. The summed E-state index contributed by atoms with van der Waals surface area (Å²) >= 11 is 0. The molecule has 0 spiro atoms. The van der Waals surface area contributed by atoms with Gasteiger partial charge in [0, 0.05) is 26.4 Å². The molecule has 1 heterocycles. The number of nitrogens with one attached hydrogen (secondary N) is 1. The average Bonchev–Trinajstić information content (AvgIpc) is 2.33. The summed E-state index contributed by atoms with van der Waals surface area (Å²) in [6.45, 7) is 6.39. The second-order valence-electron chi connectivity index (χ2n) is 4.67. The Morgan fingerprint density at radius 3 is 2.88 bits per heavy atom. The highest BCUT2D eigenvalue weighted by Gasteiger charge is 2.17. The van der Waals surface area contributed by atoms with E-state index in [1.54, 1.807) is 7.11 Å². The fourth-order valence-corrected chi connectivity index (χ4v) is 2.06. The van der Waals surface area contributed by atoms with Crippen molar-refractivity contribution in [2.75, 3.05) is 40.1 Å². The van der Waals surface area contributed by atoms with E-state index in [1.807, 2.05) is 0 Å². The van der Waals surface area contributed by atoms with E-state index in [2.05, 4.69) is 12.2 Å². The largest absolute Gasteiger partial charge is 0.382 e. The van der Waals surface area contributed by atoms with Crippen LogP contribution in [0.1, 0.15) is 32.6 Å². The fraction of sp³-hybridized carbons (Fsp3) is 1.00. The van der Waals surface area contributed by atoms with Crippen LogP contribution < -0.4 is 5.32 Å². The van der Waals surface area contributed by atoms with Gasteiger partial charge in [-0.3, -0.25) is 0 Å². The third-order valence-electron chi connectivity index (χ3n) is 3.07. The quantitative estimate of drug-likeness (QED) is 0.626. The first-order valence-electron chi connectivity index (χ1n) is 6.74. The summed E-state index contributed by atoms with van der Waals surface area (Å²) < 4.78 is 15.8. The second-order valence-corrected chi connectivity index (χ2v) is 4.67. The van der Waals surface area contributed by atoms with Gasteiger partial charge in [0.05, 0.1) is 19.3 Å². The molecule has 1 fully saturated rings. The maximum atomic E-state index is 5.52. The summed E-state index contributed by atoms with van der Waals surface area (Å²) in [5.74, 6) is 0. The maximum Gasteiger partial charge on any atom is 0.0700 e. The lowest BCUT2D eigenvalue weighted by Gasteiger charge is -2.28. The van der Waals surface area contributed by atoms with Crippen molar-refractivity contribution >= 4 is 0 Å². The Morgan fingerprint density at radius 2 is 2.12 bits per heavy atom. The van der Waals surface area contributed by atoms with Crippen LogP contribution in [-0.4, -0.2) is 52.2 Å². The average molecular weight is 245 g/mol. The van der Waals surface area contributed by atoms with E-state index in [0.717, 1.165) is 39.0 Å². The highest BCUT2D eigenvalue weighted by Crippen LogP contribution is 2.12. The van der Waals surface area contributed by atoms with Crippen molar-refractivity contribution in [2.45, 2.75) is 44.8 Å². The van der Waals surface area contributed by atoms with Crippen LogP contribution >= 0.6 is 0 Å². The molecule has 1 aliphatic rings. The van der Waals surface area contributed by atoms with Crippen LogP contribution in [0.15, 0.2) is 0 Å². The molecule has 1 rings (SSSR count). The third-order valence-corrected chi connectivity index (χ3v) is 3.07. The van der Waals surface area contributed by atoms with Gasteiger partial charge in [-0.25, -0.2) is 0 Å². The molecule has 1 N–H and O–H groups in total. The number of methoxy groups -OCH3 is 1. The Hall–Kier alpha value is -0.160. The van der Waals surface area contributed by atoms with Gasteiger partial charge in [0.25, 0.3) is 0 Å². The number of hydrogen-bond donors (Lipinski definition) is 1. The molecule has 0 amide bonds. The van der Waals surface area contributed by atoms with Gasteiger partial charge in [-0.15, -0.1) is 0 Å². The molecule has 0 saturated carbocycles. The summed E-state index contributed by atoms with van der Waals surface area (Å²) in [6, 6.07) is 0.646. The Morgan fingerprint density at radius 1 is 1.24 bits per heavy atom. The third kappa shape index (κ3) is 7.71. The first-order valence-corrected chi connectivity index (χ1v) is 6.74. The first kappa shape index (κ1) is 14.9. The van der Waals surface area contributed by atoms with Crippen LogP contribution in [0.2, 0.25) is 0 Å².